The minimum Gasteiger partial charge on any atom is -0.465 e. The Morgan fingerprint density at radius 1 is 1.00 bits per heavy atom. The number of amides is 1. The molecular weight excluding hydrogens is 130 g/mol. The number of carboxylic acid groups (broad SMARTS) is 1. The van der Waals surface area contributed by atoms with Crippen LogP contribution in [0.1, 0.15) is 38.5 Å². The number of rotatable bonds is 0. The van der Waals surface area contributed by atoms with E-state index in [1.54, 1.807) is 0 Å². The summed E-state index contributed by atoms with van der Waals surface area (Å²) in [5.74, 6) is 0. The summed E-state index contributed by atoms with van der Waals surface area (Å²) in [6.45, 7) is 0. The molecule has 0 atom stereocenters. The number of nitrogens with two attached hydrogens (primary N) is 1. The lowest BCUT2D eigenvalue weighted by molar-refractivity contribution is 0.205. The fraction of sp³-hybridized carbons (Fsp3) is 0.857. The van der Waals surface area contributed by atoms with Crippen LogP contribution in [0, 0.1) is 0 Å². The highest BCUT2D eigenvalue weighted by atomic mass is 16.4. The first-order valence-corrected chi connectivity index (χ1v) is 3.72. The average molecular weight is 145 g/mol. The molecule has 0 bridgehead atoms. The molecule has 0 aromatic heterocycles. The van der Waals surface area contributed by atoms with Gasteiger partial charge in [-0.3, -0.25) is 0 Å². The maximum absolute atomic E-state index is 8.78. The van der Waals surface area contributed by atoms with E-state index in [0.29, 0.717) is 0 Å². The molecular formula is C7H15NO2. The Kier molecular flexibility index (Phi) is 5.92. The largest absolute Gasteiger partial charge is 0.465 e. The van der Waals surface area contributed by atoms with E-state index in [9.17, 15) is 0 Å². The van der Waals surface area contributed by atoms with Gasteiger partial charge in [0.2, 0.25) is 0 Å². The van der Waals surface area contributed by atoms with Gasteiger partial charge in [-0.05, 0) is 0 Å². The summed E-state index contributed by atoms with van der Waals surface area (Å²) in [5.41, 5.74) is 4.03. The molecule has 2 aliphatic carbocycles. The highest BCUT2D eigenvalue weighted by Gasteiger charge is 1.95. The number of primary amides is 1. The SMILES string of the molecule is C1CC1.C1CC1.NC(=O)O. The minimum absolute atomic E-state index is 1.33. The van der Waals surface area contributed by atoms with Crippen molar-refractivity contribution in [1.82, 2.24) is 0 Å². The van der Waals surface area contributed by atoms with Crippen LogP contribution in [0.25, 0.3) is 0 Å². The van der Waals surface area contributed by atoms with Crippen LogP contribution in [0.15, 0.2) is 0 Å². The van der Waals surface area contributed by atoms with Crippen molar-refractivity contribution >= 4 is 6.09 Å². The van der Waals surface area contributed by atoms with Crippen molar-refractivity contribution in [2.24, 2.45) is 5.73 Å². The third kappa shape index (κ3) is 177. The van der Waals surface area contributed by atoms with E-state index in [-0.39, 0.29) is 0 Å². The summed E-state index contributed by atoms with van der Waals surface area (Å²) in [4.78, 5) is 8.78. The van der Waals surface area contributed by atoms with Gasteiger partial charge in [0.15, 0.2) is 0 Å². The van der Waals surface area contributed by atoms with E-state index in [1.807, 2.05) is 0 Å². The van der Waals surface area contributed by atoms with E-state index in [0.717, 1.165) is 0 Å². The average Bonchev–Trinajstić information content (AvgIpc) is 2.62. The molecule has 3 nitrogen and oxygen atoms in total. The van der Waals surface area contributed by atoms with Gasteiger partial charge in [-0.25, -0.2) is 4.79 Å². The van der Waals surface area contributed by atoms with Crippen LogP contribution in [0.4, 0.5) is 4.79 Å². The van der Waals surface area contributed by atoms with Crippen molar-refractivity contribution in [3.63, 3.8) is 0 Å². The Bertz CT molecular complexity index is 74.1. The summed E-state index contributed by atoms with van der Waals surface area (Å²) < 4.78 is 0. The zero-order chi connectivity index (χ0) is 7.82. The molecule has 3 heteroatoms. The summed E-state index contributed by atoms with van der Waals surface area (Å²) in [6.07, 6.45) is 7.67. The first-order valence-electron chi connectivity index (χ1n) is 3.72. The van der Waals surface area contributed by atoms with Gasteiger partial charge in [0, 0.05) is 0 Å². The zero-order valence-corrected chi connectivity index (χ0v) is 6.18. The Labute approximate surface area is 61.2 Å². The molecule has 3 N–H and O–H groups in total. The van der Waals surface area contributed by atoms with Crippen molar-refractivity contribution in [2.75, 3.05) is 0 Å². The number of hydrogen-bond donors (Lipinski definition) is 2. The number of carbonyl (C=O) groups is 1. The molecule has 0 aromatic carbocycles. The van der Waals surface area contributed by atoms with Gasteiger partial charge < -0.3 is 10.8 Å². The standard InChI is InChI=1S/2C3H6.CH3NO2/c2*1-2-3-1;2-1(3)4/h2*1-3H2;2H2,(H,3,4). The van der Waals surface area contributed by atoms with Crippen molar-refractivity contribution in [3.8, 4) is 0 Å². The summed E-state index contributed by atoms with van der Waals surface area (Å²) in [7, 11) is 0. The first kappa shape index (κ1) is 9.27. The van der Waals surface area contributed by atoms with Gasteiger partial charge >= 0.3 is 6.09 Å². The third-order valence-corrected chi connectivity index (χ3v) is 0.707. The van der Waals surface area contributed by atoms with Crippen molar-refractivity contribution in [3.05, 3.63) is 0 Å². The second-order valence-electron chi connectivity index (χ2n) is 2.46. The summed E-state index contributed by atoms with van der Waals surface area (Å²) in [6, 6.07) is 0. The molecule has 0 radical (unpaired) electrons. The van der Waals surface area contributed by atoms with Crippen LogP contribution in [0.5, 0.6) is 0 Å². The van der Waals surface area contributed by atoms with Gasteiger partial charge in [0.05, 0.1) is 0 Å². The van der Waals surface area contributed by atoms with Crippen LogP contribution in [0.3, 0.4) is 0 Å². The Morgan fingerprint density at radius 2 is 1.10 bits per heavy atom. The third-order valence-electron chi connectivity index (χ3n) is 0.707. The molecule has 0 heterocycles. The molecule has 0 aromatic rings. The molecule has 10 heavy (non-hydrogen) atoms. The fourth-order valence-corrected chi connectivity index (χ4v) is 0. The van der Waals surface area contributed by atoms with Crippen LogP contribution in [-0.4, -0.2) is 11.2 Å². The molecule has 0 spiro atoms. The molecule has 0 aliphatic heterocycles. The van der Waals surface area contributed by atoms with Gasteiger partial charge in [0.25, 0.3) is 0 Å². The van der Waals surface area contributed by atoms with E-state index >= 15 is 0 Å². The van der Waals surface area contributed by atoms with Gasteiger partial charge in [-0.1, -0.05) is 38.5 Å². The summed E-state index contributed by atoms with van der Waals surface area (Å²) in [5, 5.41) is 7.19. The quantitative estimate of drug-likeness (QED) is 0.547. The fourth-order valence-electron chi connectivity index (χ4n) is 0. The highest BCUT2D eigenvalue weighted by Crippen LogP contribution is 2.15. The topological polar surface area (TPSA) is 63.3 Å². The van der Waals surface area contributed by atoms with Crippen LogP contribution >= 0.6 is 0 Å². The lowest BCUT2D eigenvalue weighted by atomic mass is 11.0. The lowest BCUT2D eigenvalue weighted by Gasteiger charge is -1.61. The van der Waals surface area contributed by atoms with Gasteiger partial charge in [-0.2, -0.15) is 0 Å². The smallest absolute Gasteiger partial charge is 0.402 e. The molecule has 60 valence electrons. The molecule has 0 saturated heterocycles. The Hall–Kier alpha value is -0.730. The van der Waals surface area contributed by atoms with Gasteiger partial charge in [-0.15, -0.1) is 0 Å². The van der Waals surface area contributed by atoms with Crippen molar-refractivity contribution < 1.29 is 9.90 Å². The van der Waals surface area contributed by atoms with Crippen LogP contribution in [-0.2, 0) is 0 Å². The normalized spacial score (nSPS) is 16.8. The molecule has 2 rings (SSSR count). The Morgan fingerprint density at radius 3 is 1.10 bits per heavy atom. The van der Waals surface area contributed by atoms with E-state index in [2.05, 4.69) is 5.73 Å². The molecule has 2 fully saturated rings. The van der Waals surface area contributed by atoms with E-state index in [4.69, 9.17) is 9.90 Å². The molecule has 0 unspecified atom stereocenters. The predicted octanol–water partition coefficient (Wildman–Crippen LogP) is 1.96. The summed E-state index contributed by atoms with van der Waals surface area (Å²) >= 11 is 0. The Balaban J connectivity index is 0.000000122. The van der Waals surface area contributed by atoms with Crippen molar-refractivity contribution in [2.45, 2.75) is 38.5 Å². The zero-order valence-electron chi connectivity index (χ0n) is 6.18. The van der Waals surface area contributed by atoms with Crippen LogP contribution in [0.2, 0.25) is 0 Å². The number of hydrogen-bond acceptors (Lipinski definition) is 1. The minimum atomic E-state index is -1.33. The van der Waals surface area contributed by atoms with Crippen molar-refractivity contribution in [1.29, 1.82) is 0 Å². The van der Waals surface area contributed by atoms with E-state index < -0.39 is 6.09 Å². The molecule has 2 aliphatic rings. The maximum Gasteiger partial charge on any atom is 0.402 e. The maximum atomic E-state index is 8.78. The van der Waals surface area contributed by atoms with Crippen LogP contribution < -0.4 is 5.73 Å². The monoisotopic (exact) mass is 145 g/mol. The second-order valence-corrected chi connectivity index (χ2v) is 2.46. The lowest BCUT2D eigenvalue weighted by Crippen LogP contribution is -2.03. The second kappa shape index (κ2) is 6.39. The predicted molar refractivity (Wildman–Crippen MR) is 39.9 cm³/mol. The van der Waals surface area contributed by atoms with Gasteiger partial charge in [0.1, 0.15) is 0 Å². The molecule has 2 saturated carbocycles. The first-order chi connectivity index (χ1) is 4.73. The van der Waals surface area contributed by atoms with E-state index in [1.165, 1.54) is 38.5 Å². The molecule has 1 amide bonds. The highest BCUT2D eigenvalue weighted by molar-refractivity contribution is 5.61.